The number of aromatic nitrogens is 2. The number of hydrogen-bond acceptors (Lipinski definition) is 6. The number of ether oxygens (including phenoxy) is 1. The molecule has 1 aliphatic heterocycles. The zero-order valence-corrected chi connectivity index (χ0v) is 18.7. The first kappa shape index (κ1) is 21.9. The third-order valence-electron chi connectivity index (χ3n) is 5.86. The summed E-state index contributed by atoms with van der Waals surface area (Å²) in [6.45, 7) is 8.29. The Kier molecular flexibility index (Phi) is 6.46. The monoisotopic (exact) mass is 432 g/mol. The summed E-state index contributed by atoms with van der Waals surface area (Å²) in [6.07, 6.45) is 1.85. The Morgan fingerprint density at radius 1 is 1.22 bits per heavy atom. The molecule has 0 bridgehead atoms. The second kappa shape index (κ2) is 9.44. The van der Waals surface area contributed by atoms with Gasteiger partial charge in [-0.3, -0.25) is 14.7 Å². The summed E-state index contributed by atoms with van der Waals surface area (Å²) in [5, 5.41) is 3.51. The summed E-state index contributed by atoms with van der Waals surface area (Å²) in [7, 11) is 0. The summed E-state index contributed by atoms with van der Waals surface area (Å²) < 4.78 is 5.77. The number of benzene rings is 1. The van der Waals surface area contributed by atoms with Gasteiger partial charge < -0.3 is 10.1 Å². The SMILES string of the molecule is CCC(OC(=O)c1c2c(nc3ccccc13)CCN(CC)C2)C(=O)Nc1cc(C)ccn1. The van der Waals surface area contributed by atoms with E-state index in [1.54, 1.807) is 12.3 Å². The molecule has 0 aliphatic carbocycles. The van der Waals surface area contributed by atoms with Gasteiger partial charge in [0.25, 0.3) is 5.91 Å². The molecule has 1 aliphatic rings. The van der Waals surface area contributed by atoms with E-state index in [4.69, 9.17) is 9.72 Å². The summed E-state index contributed by atoms with van der Waals surface area (Å²) in [5.74, 6) is -0.437. The van der Waals surface area contributed by atoms with Crippen molar-refractivity contribution in [1.82, 2.24) is 14.9 Å². The number of fused-ring (bicyclic) bond motifs is 2. The van der Waals surface area contributed by atoms with Crippen LogP contribution >= 0.6 is 0 Å². The molecule has 166 valence electrons. The van der Waals surface area contributed by atoms with Gasteiger partial charge >= 0.3 is 5.97 Å². The van der Waals surface area contributed by atoms with Crippen LogP contribution in [0.25, 0.3) is 10.9 Å². The summed E-state index contributed by atoms with van der Waals surface area (Å²) >= 11 is 0. The van der Waals surface area contributed by atoms with E-state index in [1.165, 1.54) is 0 Å². The van der Waals surface area contributed by atoms with Crippen LogP contribution in [0.1, 0.15) is 47.4 Å². The number of rotatable bonds is 6. The Morgan fingerprint density at radius 2 is 2.03 bits per heavy atom. The zero-order valence-electron chi connectivity index (χ0n) is 18.7. The van der Waals surface area contributed by atoms with Crippen LogP contribution in [-0.2, 0) is 22.5 Å². The summed E-state index contributed by atoms with van der Waals surface area (Å²) in [5.41, 5.74) is 4.10. The average Bonchev–Trinajstić information content (AvgIpc) is 2.80. The molecule has 3 aromatic rings. The zero-order chi connectivity index (χ0) is 22.7. The van der Waals surface area contributed by atoms with Gasteiger partial charge in [-0.05, 0) is 43.7 Å². The topological polar surface area (TPSA) is 84.4 Å². The van der Waals surface area contributed by atoms with Gasteiger partial charge in [0.15, 0.2) is 6.10 Å². The van der Waals surface area contributed by atoms with Gasteiger partial charge in [0, 0.05) is 42.4 Å². The fourth-order valence-corrected chi connectivity index (χ4v) is 4.07. The fourth-order valence-electron chi connectivity index (χ4n) is 4.07. The maximum atomic E-state index is 13.4. The van der Waals surface area contributed by atoms with Crippen LogP contribution in [0.3, 0.4) is 0 Å². The van der Waals surface area contributed by atoms with E-state index < -0.39 is 12.1 Å². The highest BCUT2D eigenvalue weighted by Crippen LogP contribution is 2.29. The van der Waals surface area contributed by atoms with Crippen molar-refractivity contribution in [3.8, 4) is 0 Å². The van der Waals surface area contributed by atoms with Crippen LogP contribution in [-0.4, -0.2) is 45.9 Å². The van der Waals surface area contributed by atoms with Gasteiger partial charge in [-0.1, -0.05) is 32.0 Å². The highest BCUT2D eigenvalue weighted by molar-refractivity contribution is 6.06. The lowest BCUT2D eigenvalue weighted by molar-refractivity contribution is -0.124. The van der Waals surface area contributed by atoms with Crippen LogP contribution in [0.5, 0.6) is 0 Å². The molecular weight excluding hydrogens is 404 g/mol. The Bertz CT molecular complexity index is 1160. The number of esters is 1. The molecular formula is C25H28N4O3. The van der Waals surface area contributed by atoms with Crippen molar-refractivity contribution in [2.45, 2.75) is 46.3 Å². The summed E-state index contributed by atoms with van der Waals surface area (Å²) in [4.78, 5) is 37.5. The van der Waals surface area contributed by atoms with Crippen LogP contribution in [0.15, 0.2) is 42.6 Å². The lowest BCUT2D eigenvalue weighted by Crippen LogP contribution is -2.35. The van der Waals surface area contributed by atoms with Gasteiger partial charge in [-0.25, -0.2) is 9.78 Å². The second-order valence-corrected chi connectivity index (χ2v) is 8.06. The molecule has 0 radical (unpaired) electrons. The number of amides is 1. The molecule has 0 spiro atoms. The molecule has 0 fully saturated rings. The minimum absolute atomic E-state index is 0.357. The number of para-hydroxylation sites is 1. The fraction of sp³-hybridized carbons (Fsp3) is 0.360. The van der Waals surface area contributed by atoms with E-state index in [1.807, 2.05) is 44.2 Å². The Morgan fingerprint density at radius 3 is 2.78 bits per heavy atom. The third kappa shape index (κ3) is 4.48. The molecule has 3 heterocycles. The molecule has 0 saturated carbocycles. The second-order valence-electron chi connectivity index (χ2n) is 8.06. The first-order valence-corrected chi connectivity index (χ1v) is 11.1. The minimum Gasteiger partial charge on any atom is -0.449 e. The number of likely N-dealkylation sites (N-methyl/N-ethyl adjacent to an activating group) is 1. The average molecular weight is 433 g/mol. The van der Waals surface area contributed by atoms with Gasteiger partial charge in [0.2, 0.25) is 0 Å². The predicted octanol–water partition coefficient (Wildman–Crippen LogP) is 3.89. The molecule has 1 atom stereocenters. The molecule has 7 nitrogen and oxygen atoms in total. The van der Waals surface area contributed by atoms with Crippen molar-refractivity contribution in [1.29, 1.82) is 0 Å². The quantitative estimate of drug-likeness (QED) is 0.595. The first-order chi connectivity index (χ1) is 15.5. The standard InChI is InChI=1S/C25H28N4O3/c1-4-21(24(30)28-22-14-16(3)10-12-26-22)32-25(31)23-17-8-6-7-9-19(17)27-20-11-13-29(5-2)15-18(20)23/h6-10,12,14,21H,4-5,11,13,15H2,1-3H3,(H,26,28,30). The van der Waals surface area contributed by atoms with E-state index in [0.717, 1.165) is 47.2 Å². The number of hydrogen-bond donors (Lipinski definition) is 1. The first-order valence-electron chi connectivity index (χ1n) is 11.1. The van der Waals surface area contributed by atoms with E-state index in [-0.39, 0.29) is 5.91 Å². The molecule has 1 unspecified atom stereocenters. The van der Waals surface area contributed by atoms with Crippen LogP contribution < -0.4 is 5.32 Å². The maximum absolute atomic E-state index is 13.4. The molecule has 2 aromatic heterocycles. The van der Waals surface area contributed by atoms with E-state index >= 15 is 0 Å². The van der Waals surface area contributed by atoms with Gasteiger partial charge in [-0.15, -0.1) is 0 Å². The Hall–Kier alpha value is -3.32. The number of pyridine rings is 2. The normalized spacial score (nSPS) is 14.6. The van der Waals surface area contributed by atoms with E-state index in [2.05, 4.69) is 22.1 Å². The van der Waals surface area contributed by atoms with Crippen LogP contribution in [0.2, 0.25) is 0 Å². The van der Waals surface area contributed by atoms with Gasteiger partial charge in [0.05, 0.1) is 11.1 Å². The molecule has 0 saturated heterocycles. The molecule has 1 amide bonds. The van der Waals surface area contributed by atoms with Gasteiger partial charge in [0.1, 0.15) is 5.82 Å². The Balaban J connectivity index is 1.64. The van der Waals surface area contributed by atoms with Crippen molar-refractivity contribution in [2.75, 3.05) is 18.4 Å². The number of nitrogens with one attached hydrogen (secondary N) is 1. The van der Waals surface area contributed by atoms with Crippen molar-refractivity contribution in [2.24, 2.45) is 0 Å². The highest BCUT2D eigenvalue weighted by atomic mass is 16.5. The lowest BCUT2D eigenvalue weighted by atomic mass is 9.95. The van der Waals surface area contributed by atoms with Crippen molar-refractivity contribution >= 4 is 28.6 Å². The van der Waals surface area contributed by atoms with Crippen molar-refractivity contribution in [3.05, 3.63) is 65.0 Å². The van der Waals surface area contributed by atoms with Crippen LogP contribution in [0, 0.1) is 6.92 Å². The lowest BCUT2D eigenvalue weighted by Gasteiger charge is -2.29. The van der Waals surface area contributed by atoms with E-state index in [0.29, 0.717) is 24.3 Å². The number of anilines is 1. The molecule has 4 rings (SSSR count). The van der Waals surface area contributed by atoms with Crippen LogP contribution in [0.4, 0.5) is 5.82 Å². The maximum Gasteiger partial charge on any atom is 0.340 e. The number of carbonyl (C=O) groups is 2. The highest BCUT2D eigenvalue weighted by Gasteiger charge is 2.29. The third-order valence-corrected chi connectivity index (χ3v) is 5.86. The number of nitrogens with zero attached hydrogens (tertiary/aromatic N) is 3. The molecule has 1 aromatic carbocycles. The molecule has 1 N–H and O–H groups in total. The summed E-state index contributed by atoms with van der Waals surface area (Å²) in [6, 6.07) is 11.2. The predicted molar refractivity (Wildman–Crippen MR) is 123 cm³/mol. The van der Waals surface area contributed by atoms with Gasteiger partial charge in [-0.2, -0.15) is 0 Å². The molecule has 7 heteroatoms. The van der Waals surface area contributed by atoms with Crippen molar-refractivity contribution in [3.63, 3.8) is 0 Å². The van der Waals surface area contributed by atoms with E-state index in [9.17, 15) is 9.59 Å². The largest absolute Gasteiger partial charge is 0.449 e. The molecule has 32 heavy (non-hydrogen) atoms. The Labute approximate surface area is 187 Å². The van der Waals surface area contributed by atoms with Crippen molar-refractivity contribution < 1.29 is 14.3 Å². The number of aryl methyl sites for hydroxylation is 1. The minimum atomic E-state index is -0.918. The smallest absolute Gasteiger partial charge is 0.340 e. The number of carbonyl (C=O) groups excluding carboxylic acids is 2.